The van der Waals surface area contributed by atoms with E-state index >= 15 is 0 Å². The van der Waals surface area contributed by atoms with Gasteiger partial charge in [0.15, 0.2) is 6.10 Å². The smallest absolute Gasteiger partial charge is 0.425 e. The van der Waals surface area contributed by atoms with Gasteiger partial charge in [-0.25, -0.2) is 4.98 Å². The minimum atomic E-state index is -4.41. The van der Waals surface area contributed by atoms with Crippen LogP contribution in [0.2, 0.25) is 0 Å². The van der Waals surface area contributed by atoms with Gasteiger partial charge in [0.2, 0.25) is 11.8 Å². The van der Waals surface area contributed by atoms with Crippen molar-refractivity contribution >= 4 is 17.2 Å². The highest BCUT2D eigenvalue weighted by molar-refractivity contribution is 7.11. The van der Waals surface area contributed by atoms with Crippen molar-refractivity contribution in [2.24, 2.45) is 5.92 Å². The summed E-state index contributed by atoms with van der Waals surface area (Å²) in [4.78, 5) is 19.1. The first-order valence-electron chi connectivity index (χ1n) is 12.7. The van der Waals surface area contributed by atoms with Crippen LogP contribution in [0.15, 0.2) is 12.1 Å². The molecule has 0 bridgehead atoms. The maximum Gasteiger partial charge on any atom is 0.425 e. The number of carbonyl (C=O) groups is 1. The molecule has 2 aromatic rings. The summed E-state index contributed by atoms with van der Waals surface area (Å²) in [5.41, 5.74) is 1.92. The highest BCUT2D eigenvalue weighted by atomic mass is 32.1. The number of nitrogens with zero attached hydrogens (tertiary/aromatic N) is 4. The molecule has 3 heterocycles. The molecule has 1 atom stereocenters. The molecule has 0 spiro atoms. The minimum Gasteiger partial charge on any atom is -0.465 e. The van der Waals surface area contributed by atoms with Crippen molar-refractivity contribution in [2.75, 3.05) is 19.6 Å². The number of rotatable bonds is 8. The fourth-order valence-electron chi connectivity index (χ4n) is 4.93. The zero-order valence-corrected chi connectivity index (χ0v) is 21.6. The van der Waals surface area contributed by atoms with Crippen molar-refractivity contribution < 1.29 is 22.7 Å². The van der Waals surface area contributed by atoms with Crippen molar-refractivity contribution in [3.63, 3.8) is 0 Å². The first-order chi connectivity index (χ1) is 17.2. The SMILES string of the molecule is Cc1nnc(CC(=O)NC2CCC(CCN3CCc4ccc(O[C@H](C)C(F)(F)F)nc4CC3)CC2)s1. The number of alkyl halides is 3. The molecule has 7 nitrogen and oxygen atoms in total. The molecule has 1 saturated carbocycles. The Morgan fingerprint density at radius 1 is 1.19 bits per heavy atom. The van der Waals surface area contributed by atoms with Crippen LogP contribution in [-0.2, 0) is 24.1 Å². The average molecular weight is 526 g/mol. The van der Waals surface area contributed by atoms with E-state index in [9.17, 15) is 18.0 Å². The number of carbonyl (C=O) groups excluding carboxylic acids is 1. The Kier molecular flexibility index (Phi) is 8.82. The largest absolute Gasteiger partial charge is 0.465 e. The van der Waals surface area contributed by atoms with Crippen molar-refractivity contribution in [2.45, 2.75) is 83.5 Å². The summed E-state index contributed by atoms with van der Waals surface area (Å²) in [5, 5.41) is 12.8. The maximum atomic E-state index is 12.8. The van der Waals surface area contributed by atoms with Crippen LogP contribution in [0.1, 0.15) is 60.3 Å². The molecule has 2 aliphatic rings. The predicted octanol–water partition coefficient (Wildman–Crippen LogP) is 4.28. The average Bonchev–Trinajstić information content (AvgIpc) is 3.12. The van der Waals surface area contributed by atoms with Crippen LogP contribution in [-0.4, -0.2) is 63.9 Å². The van der Waals surface area contributed by atoms with Crippen LogP contribution in [0.25, 0.3) is 0 Å². The molecule has 1 aliphatic heterocycles. The highest BCUT2D eigenvalue weighted by Gasteiger charge is 2.38. The molecule has 1 N–H and O–H groups in total. The summed E-state index contributed by atoms with van der Waals surface area (Å²) in [6.45, 7) is 5.65. The van der Waals surface area contributed by atoms with Crippen LogP contribution < -0.4 is 10.1 Å². The van der Waals surface area contributed by atoms with E-state index in [0.29, 0.717) is 18.8 Å². The summed E-state index contributed by atoms with van der Waals surface area (Å²) in [7, 11) is 0. The van der Waals surface area contributed by atoms with Gasteiger partial charge in [-0.1, -0.05) is 6.07 Å². The van der Waals surface area contributed by atoms with E-state index in [1.807, 2.05) is 13.0 Å². The summed E-state index contributed by atoms with van der Waals surface area (Å²) < 4.78 is 43.4. The number of hydrogen-bond donors (Lipinski definition) is 1. The number of aryl methyl sites for hydroxylation is 1. The van der Waals surface area contributed by atoms with Crippen LogP contribution >= 0.6 is 11.3 Å². The lowest BCUT2D eigenvalue weighted by molar-refractivity contribution is -0.190. The van der Waals surface area contributed by atoms with Crippen molar-refractivity contribution in [1.29, 1.82) is 0 Å². The first kappa shape index (κ1) is 26.8. The second kappa shape index (κ2) is 11.9. The van der Waals surface area contributed by atoms with Crippen LogP contribution in [0, 0.1) is 12.8 Å². The summed E-state index contributed by atoms with van der Waals surface area (Å²) in [6, 6.07) is 3.63. The monoisotopic (exact) mass is 525 g/mol. The van der Waals surface area contributed by atoms with E-state index in [4.69, 9.17) is 4.74 Å². The second-order valence-corrected chi connectivity index (χ2v) is 11.1. The molecule has 1 fully saturated rings. The fraction of sp³-hybridized carbons (Fsp3) is 0.680. The highest BCUT2D eigenvalue weighted by Crippen LogP contribution is 2.28. The molecule has 1 aliphatic carbocycles. The molecule has 0 aromatic carbocycles. The molecule has 4 rings (SSSR count). The lowest BCUT2D eigenvalue weighted by Gasteiger charge is -2.30. The van der Waals surface area contributed by atoms with Crippen molar-refractivity contribution in [1.82, 2.24) is 25.4 Å². The van der Waals surface area contributed by atoms with Gasteiger partial charge < -0.3 is 15.0 Å². The molecule has 1 amide bonds. The van der Waals surface area contributed by atoms with Gasteiger partial charge in [0, 0.05) is 37.3 Å². The fourth-order valence-corrected chi connectivity index (χ4v) is 5.64. The Bertz CT molecular complexity index is 1020. The third kappa shape index (κ3) is 7.61. The molecule has 0 unspecified atom stereocenters. The van der Waals surface area contributed by atoms with Gasteiger partial charge in [0.1, 0.15) is 10.0 Å². The predicted molar refractivity (Wildman–Crippen MR) is 131 cm³/mol. The molecular weight excluding hydrogens is 491 g/mol. The maximum absolute atomic E-state index is 12.8. The van der Waals surface area contributed by atoms with Gasteiger partial charge in [-0.05, 0) is 70.4 Å². The number of nitrogens with one attached hydrogen (secondary N) is 1. The molecule has 0 saturated heterocycles. The Balaban J connectivity index is 1.17. The summed E-state index contributed by atoms with van der Waals surface area (Å²) in [6.07, 6.45) is 0.887. The molecular formula is C25H34F3N5O2S. The molecule has 36 heavy (non-hydrogen) atoms. The van der Waals surface area contributed by atoms with Crippen molar-refractivity contribution in [3.05, 3.63) is 33.4 Å². The van der Waals surface area contributed by atoms with Crippen molar-refractivity contribution in [3.8, 4) is 5.88 Å². The van der Waals surface area contributed by atoms with E-state index < -0.39 is 12.3 Å². The number of aromatic nitrogens is 3. The van der Waals surface area contributed by atoms with Crippen LogP contribution in [0.5, 0.6) is 5.88 Å². The Labute approximate surface area is 213 Å². The van der Waals surface area contributed by atoms with Crippen LogP contribution in [0.3, 0.4) is 0 Å². The van der Waals surface area contributed by atoms with Gasteiger partial charge in [-0.2, -0.15) is 13.2 Å². The zero-order valence-electron chi connectivity index (χ0n) is 20.8. The lowest BCUT2D eigenvalue weighted by atomic mass is 9.84. The Hall–Kier alpha value is -2.27. The van der Waals surface area contributed by atoms with Gasteiger partial charge >= 0.3 is 6.18 Å². The zero-order chi connectivity index (χ0) is 25.7. The van der Waals surface area contributed by atoms with Gasteiger partial charge in [0.25, 0.3) is 0 Å². The molecule has 11 heteroatoms. The molecule has 0 radical (unpaired) electrons. The quantitative estimate of drug-likeness (QED) is 0.554. The number of fused-ring (bicyclic) bond motifs is 1. The Morgan fingerprint density at radius 2 is 1.94 bits per heavy atom. The van der Waals surface area contributed by atoms with Crippen LogP contribution in [0.4, 0.5) is 13.2 Å². The number of amides is 1. The van der Waals surface area contributed by atoms with E-state index in [1.54, 1.807) is 6.07 Å². The van der Waals surface area contributed by atoms with E-state index in [-0.39, 0.29) is 17.8 Å². The number of ether oxygens (including phenoxy) is 1. The number of pyridine rings is 1. The Morgan fingerprint density at radius 3 is 2.64 bits per heavy atom. The summed E-state index contributed by atoms with van der Waals surface area (Å²) >= 11 is 1.46. The molecule has 198 valence electrons. The lowest BCUT2D eigenvalue weighted by Crippen LogP contribution is -2.39. The van der Waals surface area contributed by atoms with Gasteiger partial charge in [-0.3, -0.25) is 4.79 Å². The van der Waals surface area contributed by atoms with E-state index in [2.05, 4.69) is 25.4 Å². The third-order valence-corrected chi connectivity index (χ3v) is 7.95. The summed E-state index contributed by atoms with van der Waals surface area (Å²) in [5.74, 6) is 0.708. The van der Waals surface area contributed by atoms with Gasteiger partial charge in [-0.15, -0.1) is 21.5 Å². The van der Waals surface area contributed by atoms with E-state index in [1.165, 1.54) is 11.3 Å². The second-order valence-electron chi connectivity index (χ2n) is 9.86. The standard InChI is InChI=1S/C25H34F3N5O2S/c1-16(25(26,27)28)35-23-8-5-19-10-13-33(14-11-21(19)30-23)12-9-18-3-6-20(7-4-18)29-22(34)15-24-32-31-17(2)36-24/h5,8,16,18,20H,3-4,6-7,9-15H2,1-2H3,(H,29,34)/t16-,18?,20?/m1/s1. The number of hydrogen-bond acceptors (Lipinski definition) is 7. The first-order valence-corrected chi connectivity index (χ1v) is 13.5. The van der Waals surface area contributed by atoms with Gasteiger partial charge in [0.05, 0.1) is 6.42 Å². The third-order valence-electron chi connectivity index (χ3n) is 7.11. The normalized spacial score (nSPS) is 21.9. The molecule has 2 aromatic heterocycles. The topological polar surface area (TPSA) is 80.2 Å². The number of halogens is 3. The minimum absolute atomic E-state index is 0.0220. The van der Waals surface area contributed by atoms with E-state index in [0.717, 1.165) is 86.4 Å².